The Hall–Kier alpha value is -3.07. The zero-order chi connectivity index (χ0) is 19.5. The second-order valence-corrected chi connectivity index (χ2v) is 7.73. The fourth-order valence-corrected chi connectivity index (χ4v) is 3.93. The number of benzene rings is 1. The summed E-state index contributed by atoms with van der Waals surface area (Å²) in [4.78, 5) is 29.7. The van der Waals surface area contributed by atoms with E-state index in [0.717, 1.165) is 28.6 Å². The van der Waals surface area contributed by atoms with Gasteiger partial charge in [-0.2, -0.15) is 5.10 Å². The number of H-pyrrole nitrogens is 1. The molecule has 4 rings (SSSR count). The van der Waals surface area contributed by atoms with Gasteiger partial charge in [0.05, 0.1) is 6.20 Å². The first-order valence-corrected chi connectivity index (χ1v) is 9.78. The molecule has 3 aromatic rings. The van der Waals surface area contributed by atoms with Crippen LogP contribution < -0.4 is 10.6 Å². The number of hydrogen-bond acceptors (Lipinski definition) is 5. The van der Waals surface area contributed by atoms with Crippen LogP contribution in [0.15, 0.2) is 52.9 Å². The summed E-state index contributed by atoms with van der Waals surface area (Å²) in [5, 5.41) is 13.3. The van der Waals surface area contributed by atoms with E-state index in [4.69, 9.17) is 0 Å². The van der Waals surface area contributed by atoms with Crippen molar-refractivity contribution in [3.63, 3.8) is 0 Å². The minimum atomic E-state index is -0.667. The zero-order valence-corrected chi connectivity index (χ0v) is 16.1. The molecule has 9 heteroatoms. The number of nitrogens with zero attached hydrogens (tertiary/aromatic N) is 3. The van der Waals surface area contributed by atoms with Gasteiger partial charge in [0.15, 0.2) is 5.16 Å². The van der Waals surface area contributed by atoms with Crippen LogP contribution in [0.1, 0.15) is 17.7 Å². The third kappa shape index (κ3) is 4.09. The molecule has 1 atom stereocenters. The lowest BCUT2D eigenvalue weighted by atomic mass is 9.94. The number of anilines is 1. The molecular formula is C19H20N6O2S. The van der Waals surface area contributed by atoms with Crippen molar-refractivity contribution < 1.29 is 9.59 Å². The highest BCUT2D eigenvalue weighted by Gasteiger charge is 2.24. The van der Waals surface area contributed by atoms with E-state index in [0.29, 0.717) is 12.1 Å². The molecule has 0 fully saturated rings. The van der Waals surface area contributed by atoms with Crippen LogP contribution in [-0.2, 0) is 29.5 Å². The van der Waals surface area contributed by atoms with Crippen LogP contribution in [0.2, 0.25) is 0 Å². The molecular weight excluding hydrogens is 376 g/mol. The third-order valence-corrected chi connectivity index (χ3v) is 5.74. The predicted molar refractivity (Wildman–Crippen MR) is 105 cm³/mol. The molecule has 2 aromatic heterocycles. The molecule has 1 aromatic carbocycles. The monoisotopic (exact) mass is 396 g/mol. The average molecular weight is 396 g/mol. The fourth-order valence-electron chi connectivity index (χ4n) is 3.13. The summed E-state index contributed by atoms with van der Waals surface area (Å²) in [6.45, 7) is 0. The Kier molecular flexibility index (Phi) is 5.16. The van der Waals surface area contributed by atoms with Crippen molar-refractivity contribution >= 4 is 29.3 Å². The fraction of sp³-hybridized carbons (Fsp3) is 0.263. The quantitative estimate of drug-likeness (QED) is 0.585. The highest BCUT2D eigenvalue weighted by Crippen LogP contribution is 2.26. The number of fused-ring (bicyclic) bond motifs is 1. The average Bonchev–Trinajstić information content (AvgIpc) is 3.32. The Labute approximate surface area is 166 Å². The van der Waals surface area contributed by atoms with E-state index in [1.54, 1.807) is 18.3 Å². The van der Waals surface area contributed by atoms with Crippen LogP contribution >= 0.6 is 11.8 Å². The number of rotatable bonds is 4. The molecule has 28 heavy (non-hydrogen) atoms. The van der Waals surface area contributed by atoms with Crippen LogP contribution in [0, 0.1) is 0 Å². The van der Waals surface area contributed by atoms with Crippen molar-refractivity contribution in [3.8, 4) is 0 Å². The summed E-state index contributed by atoms with van der Waals surface area (Å²) in [5.41, 5.74) is 2.78. The van der Waals surface area contributed by atoms with Gasteiger partial charge in [-0.1, -0.05) is 11.8 Å². The molecule has 0 spiro atoms. The number of hydrogen-bond donors (Lipinski definition) is 3. The van der Waals surface area contributed by atoms with Crippen molar-refractivity contribution in [3.05, 3.63) is 54.1 Å². The van der Waals surface area contributed by atoms with E-state index in [1.807, 2.05) is 36.1 Å². The lowest BCUT2D eigenvalue weighted by molar-refractivity contribution is -0.136. The zero-order valence-electron chi connectivity index (χ0n) is 15.3. The van der Waals surface area contributed by atoms with Gasteiger partial charge in [-0.25, -0.2) is 4.98 Å². The maximum Gasteiger partial charge on any atom is 0.313 e. The normalized spacial score (nSPS) is 15.7. The molecule has 1 aliphatic rings. The minimum absolute atomic E-state index is 0.0669. The Bertz CT molecular complexity index is 994. The van der Waals surface area contributed by atoms with Gasteiger partial charge in [-0.3, -0.25) is 14.7 Å². The van der Waals surface area contributed by atoms with Crippen LogP contribution in [0.3, 0.4) is 0 Å². The number of aromatic nitrogens is 4. The predicted octanol–water partition coefficient (Wildman–Crippen LogP) is 1.91. The second-order valence-electron chi connectivity index (χ2n) is 6.69. The van der Waals surface area contributed by atoms with Crippen LogP contribution in [0.5, 0.6) is 0 Å². The Morgan fingerprint density at radius 2 is 2.07 bits per heavy atom. The molecule has 2 heterocycles. The van der Waals surface area contributed by atoms with E-state index in [1.165, 1.54) is 17.3 Å². The smallest absolute Gasteiger partial charge is 0.313 e. The number of aromatic amines is 1. The van der Waals surface area contributed by atoms with Gasteiger partial charge in [0, 0.05) is 48.2 Å². The highest BCUT2D eigenvalue weighted by molar-refractivity contribution is 7.99. The number of nitrogens with one attached hydrogen (secondary N) is 3. The molecule has 0 unspecified atom stereocenters. The van der Waals surface area contributed by atoms with Gasteiger partial charge in [0.25, 0.3) is 0 Å². The number of imidazole rings is 1. The van der Waals surface area contributed by atoms with Crippen molar-refractivity contribution in [1.29, 1.82) is 0 Å². The van der Waals surface area contributed by atoms with Crippen LogP contribution in [-0.4, -0.2) is 37.6 Å². The minimum Gasteiger partial charge on any atom is -0.345 e. The van der Waals surface area contributed by atoms with Gasteiger partial charge < -0.3 is 15.2 Å². The van der Waals surface area contributed by atoms with Gasteiger partial charge in [-0.05, 0) is 42.7 Å². The van der Waals surface area contributed by atoms with Crippen molar-refractivity contribution in [2.24, 2.45) is 7.05 Å². The Morgan fingerprint density at radius 1 is 1.25 bits per heavy atom. The summed E-state index contributed by atoms with van der Waals surface area (Å²) in [7, 11) is 1.93. The highest BCUT2D eigenvalue weighted by atomic mass is 32.2. The third-order valence-electron chi connectivity index (χ3n) is 4.66. The van der Waals surface area contributed by atoms with Gasteiger partial charge >= 0.3 is 11.8 Å². The molecule has 2 amide bonds. The van der Waals surface area contributed by atoms with Crippen LogP contribution in [0.4, 0.5) is 5.69 Å². The Morgan fingerprint density at radius 3 is 2.82 bits per heavy atom. The van der Waals surface area contributed by atoms with Gasteiger partial charge in [0.2, 0.25) is 0 Å². The van der Waals surface area contributed by atoms with Crippen molar-refractivity contribution in [2.75, 3.05) is 5.32 Å². The summed E-state index contributed by atoms with van der Waals surface area (Å²) in [6, 6.07) is 7.24. The van der Waals surface area contributed by atoms with E-state index in [2.05, 4.69) is 25.8 Å². The molecule has 0 radical (unpaired) electrons. The van der Waals surface area contributed by atoms with E-state index in [-0.39, 0.29) is 6.04 Å². The molecule has 8 nitrogen and oxygen atoms in total. The summed E-state index contributed by atoms with van der Waals surface area (Å²) < 4.78 is 1.93. The molecule has 0 bridgehead atoms. The molecule has 0 saturated carbocycles. The first kappa shape index (κ1) is 18.3. The maximum absolute atomic E-state index is 12.2. The molecule has 3 N–H and O–H groups in total. The van der Waals surface area contributed by atoms with Gasteiger partial charge in [0.1, 0.15) is 0 Å². The van der Waals surface area contributed by atoms with E-state index in [9.17, 15) is 9.59 Å². The SMILES string of the molecule is Cn1ccnc1Sc1ccc(NC(=O)C(=O)N[C@@H]2CCc3cn[nH]c3C2)cc1. The molecule has 144 valence electrons. The second kappa shape index (κ2) is 7.89. The number of carbonyl (C=O) groups is 2. The van der Waals surface area contributed by atoms with Gasteiger partial charge in [-0.15, -0.1) is 0 Å². The molecule has 0 saturated heterocycles. The van der Waals surface area contributed by atoms with Crippen molar-refractivity contribution in [1.82, 2.24) is 25.1 Å². The molecule has 1 aliphatic carbocycles. The summed E-state index contributed by atoms with van der Waals surface area (Å²) >= 11 is 1.53. The lowest BCUT2D eigenvalue weighted by Gasteiger charge is -2.22. The lowest BCUT2D eigenvalue weighted by Crippen LogP contribution is -2.44. The molecule has 0 aliphatic heterocycles. The summed E-state index contributed by atoms with van der Waals surface area (Å²) in [6.07, 6.45) is 7.74. The number of carbonyl (C=O) groups excluding carboxylic acids is 2. The van der Waals surface area contributed by atoms with Crippen molar-refractivity contribution in [2.45, 2.75) is 35.4 Å². The van der Waals surface area contributed by atoms with E-state index < -0.39 is 11.8 Å². The number of aryl methyl sites for hydroxylation is 2. The maximum atomic E-state index is 12.2. The largest absolute Gasteiger partial charge is 0.345 e. The first-order valence-electron chi connectivity index (χ1n) is 8.96. The van der Waals surface area contributed by atoms with E-state index >= 15 is 0 Å². The standard InChI is InChI=1S/C19H20N6O2S/c1-25-9-8-20-19(25)28-15-6-4-13(5-7-15)22-17(26)18(27)23-14-3-2-12-11-21-24-16(12)10-14/h4-9,11,14H,2-3,10H2,1H3,(H,21,24)(H,22,26)(H,23,27)/t14-/m1/s1. The number of amides is 2. The van der Waals surface area contributed by atoms with Crippen LogP contribution in [0.25, 0.3) is 0 Å². The Balaban J connectivity index is 1.30. The summed E-state index contributed by atoms with van der Waals surface area (Å²) in [5.74, 6) is -1.29. The first-order chi connectivity index (χ1) is 13.6. The topological polar surface area (TPSA) is 105 Å².